The van der Waals surface area contributed by atoms with Gasteiger partial charge in [0.05, 0.1) is 43.2 Å². The van der Waals surface area contributed by atoms with Crippen molar-refractivity contribution in [2.75, 3.05) is 65.5 Å². The molecule has 0 spiro atoms. The molecule has 7 rings (SSSR count). The van der Waals surface area contributed by atoms with Crippen LogP contribution in [0.1, 0.15) is 60.5 Å². The Labute approximate surface area is 429 Å². The molecular formula is C55H64F2N8O9. The maximum absolute atomic E-state index is 13.5. The standard InChI is InChI=1S/C31H34F2N4O6.C20H21N3O2.C4H9NO/c1-20-6-9-26(37-29(39)30(10-11-30)23-7-8-24-25(19-23)43-31(32,33)42-24)36-27(20)21-4-3-5-22(18-21)28(38)35-13-15-41-17-16-40-14-12-34-2;1-3-4-19(15-6-9-18(25)10-7-15)20(21)23-11-14(2)16-5-8-17(13-24)22-12-16;1-5-3-2-4-6/h3-9,18-19,34H,10-17H2,1-2H3,(H,35,38)(H,36,37,39);5-13,21-22,24H,2-4H2,1H3;4-5H,2-3H2,1H3/b;17-13-,21-20?,23-11?;. The van der Waals surface area contributed by atoms with Gasteiger partial charge in [0.15, 0.2) is 17.3 Å². The van der Waals surface area contributed by atoms with Gasteiger partial charge in [-0.1, -0.05) is 62.4 Å². The Morgan fingerprint density at radius 3 is 2.28 bits per heavy atom. The molecule has 0 radical (unpaired) electrons. The zero-order valence-electron chi connectivity index (χ0n) is 42.0. The number of aryl methyl sites for hydroxylation is 1. The molecule has 0 atom stereocenters. The van der Waals surface area contributed by atoms with Crippen molar-refractivity contribution >= 4 is 41.8 Å². The minimum absolute atomic E-state index is 0.0529. The number of allylic oxidation sites excluding steroid dienone is 9. The Balaban J connectivity index is 0.000000276. The summed E-state index contributed by atoms with van der Waals surface area (Å²) in [7, 11) is 3.68. The van der Waals surface area contributed by atoms with Crippen LogP contribution in [-0.2, 0) is 29.3 Å². The topological polar surface area (TPSA) is 235 Å². The van der Waals surface area contributed by atoms with Crippen LogP contribution in [-0.4, -0.2) is 112 Å². The predicted octanol–water partition coefficient (Wildman–Crippen LogP) is 7.65. The Morgan fingerprint density at radius 2 is 1.65 bits per heavy atom. The second-order valence-electron chi connectivity index (χ2n) is 17.0. The molecule has 3 aromatic rings. The molecule has 19 heteroatoms. The second-order valence-corrected chi connectivity index (χ2v) is 17.0. The molecule has 74 heavy (non-hydrogen) atoms. The van der Waals surface area contributed by atoms with Gasteiger partial charge in [0.25, 0.3) is 5.91 Å². The Bertz CT molecular complexity index is 2720. The van der Waals surface area contributed by atoms with E-state index in [0.717, 1.165) is 54.3 Å². The highest BCUT2D eigenvalue weighted by atomic mass is 19.3. The van der Waals surface area contributed by atoms with E-state index < -0.39 is 11.7 Å². The van der Waals surface area contributed by atoms with Crippen LogP contribution in [0, 0.1) is 12.3 Å². The zero-order valence-corrected chi connectivity index (χ0v) is 42.0. The first-order valence-corrected chi connectivity index (χ1v) is 24.1. The molecule has 4 aliphatic rings. The molecule has 392 valence electrons. The van der Waals surface area contributed by atoms with E-state index >= 15 is 0 Å². The number of carbonyl (C=O) groups excluding carboxylic acids is 4. The van der Waals surface area contributed by atoms with Crippen molar-refractivity contribution in [3.8, 4) is 22.8 Å². The van der Waals surface area contributed by atoms with Crippen molar-refractivity contribution in [3.05, 3.63) is 155 Å². The molecular weight excluding hydrogens is 955 g/mol. The number of alkyl halides is 2. The Kier molecular flexibility index (Phi) is 22.0. The van der Waals surface area contributed by atoms with Gasteiger partial charge in [-0.05, 0) is 117 Å². The highest BCUT2D eigenvalue weighted by Crippen LogP contribution is 2.52. The van der Waals surface area contributed by atoms with E-state index in [2.05, 4.69) is 52.6 Å². The van der Waals surface area contributed by atoms with Crippen molar-refractivity contribution in [1.29, 1.82) is 5.41 Å². The number of pyridine rings is 1. The maximum Gasteiger partial charge on any atom is 0.586 e. The van der Waals surface area contributed by atoms with Crippen molar-refractivity contribution in [2.24, 2.45) is 4.99 Å². The number of dihydropyridines is 1. The number of hydrogen-bond donors (Lipinski definition) is 7. The van der Waals surface area contributed by atoms with Gasteiger partial charge in [-0.25, -0.2) is 9.98 Å². The van der Waals surface area contributed by atoms with Crippen molar-refractivity contribution < 1.29 is 52.0 Å². The molecule has 1 saturated carbocycles. The van der Waals surface area contributed by atoms with Crippen LogP contribution in [0.3, 0.4) is 0 Å². The summed E-state index contributed by atoms with van der Waals surface area (Å²) in [6.45, 7) is 11.7. The van der Waals surface area contributed by atoms with E-state index in [1.165, 1.54) is 24.3 Å². The van der Waals surface area contributed by atoms with Crippen LogP contribution >= 0.6 is 0 Å². The van der Waals surface area contributed by atoms with Crippen molar-refractivity contribution in [3.63, 3.8) is 0 Å². The molecule has 0 saturated heterocycles. The smallest absolute Gasteiger partial charge is 0.513 e. The third kappa shape index (κ3) is 16.9. The van der Waals surface area contributed by atoms with Crippen LogP contribution in [0.15, 0.2) is 143 Å². The highest BCUT2D eigenvalue weighted by Gasteiger charge is 2.53. The number of aliphatic hydroxyl groups is 1. The fraction of sp³-hybridized carbons (Fsp3) is 0.327. The number of carbonyl (C=O) groups is 4. The van der Waals surface area contributed by atoms with E-state index in [9.17, 15) is 28.0 Å². The first kappa shape index (κ1) is 57.2. The summed E-state index contributed by atoms with van der Waals surface area (Å²) in [6, 6.07) is 15.1. The number of rotatable bonds is 22. The highest BCUT2D eigenvalue weighted by molar-refractivity contribution is 6.07. The van der Waals surface area contributed by atoms with Gasteiger partial charge in [0.2, 0.25) is 5.91 Å². The summed E-state index contributed by atoms with van der Waals surface area (Å²) in [5, 5.41) is 31.7. The minimum atomic E-state index is -3.73. The van der Waals surface area contributed by atoms with Crippen LogP contribution in [0.2, 0.25) is 0 Å². The summed E-state index contributed by atoms with van der Waals surface area (Å²) in [6.07, 6.45) is 14.7. The number of aliphatic imine (C=N–C) groups is 1. The molecule has 0 unspecified atom stereocenters. The molecule has 3 heterocycles. The van der Waals surface area contributed by atoms with Gasteiger partial charge in [0, 0.05) is 55.2 Å². The molecule has 2 aromatic carbocycles. The number of halogens is 2. The summed E-state index contributed by atoms with van der Waals surface area (Å²) in [4.78, 5) is 55.8. The number of aldehydes is 1. The van der Waals surface area contributed by atoms with Crippen LogP contribution in [0.25, 0.3) is 11.3 Å². The van der Waals surface area contributed by atoms with E-state index in [0.29, 0.717) is 98.1 Å². The number of anilines is 1. The van der Waals surface area contributed by atoms with Gasteiger partial charge in [-0.15, -0.1) is 8.78 Å². The number of benzene rings is 2. The maximum atomic E-state index is 13.5. The summed E-state index contributed by atoms with van der Waals surface area (Å²) < 4.78 is 46.9. The Hall–Kier alpha value is -7.71. The van der Waals surface area contributed by atoms with E-state index in [1.54, 1.807) is 67.1 Å². The zero-order chi connectivity index (χ0) is 53.5. The third-order valence-electron chi connectivity index (χ3n) is 11.5. The van der Waals surface area contributed by atoms with Gasteiger partial charge in [0.1, 0.15) is 24.2 Å². The van der Waals surface area contributed by atoms with E-state index in [4.69, 9.17) is 20.0 Å². The number of amidine groups is 1. The summed E-state index contributed by atoms with van der Waals surface area (Å²) >= 11 is 0. The number of hydrogen-bond acceptors (Lipinski definition) is 14. The average Bonchev–Trinajstić information content (AvgIpc) is 4.16. The lowest BCUT2D eigenvalue weighted by atomic mass is 9.94. The molecule has 7 N–H and O–H groups in total. The van der Waals surface area contributed by atoms with Gasteiger partial charge >= 0.3 is 6.29 Å². The monoisotopic (exact) mass is 1020 g/mol. The van der Waals surface area contributed by atoms with Crippen LogP contribution in [0.4, 0.5) is 14.6 Å². The Morgan fingerprint density at radius 1 is 0.932 bits per heavy atom. The fourth-order valence-electron chi connectivity index (χ4n) is 7.31. The predicted molar refractivity (Wildman–Crippen MR) is 281 cm³/mol. The molecule has 0 bridgehead atoms. The number of nitrogens with zero attached hydrogens (tertiary/aromatic N) is 2. The van der Waals surface area contributed by atoms with Crippen LogP contribution < -0.4 is 36.1 Å². The molecule has 2 aliphatic carbocycles. The van der Waals surface area contributed by atoms with Gasteiger partial charge in [-0.3, -0.25) is 19.8 Å². The number of aliphatic hydroxyl groups excluding tert-OH is 1. The van der Waals surface area contributed by atoms with E-state index in [-0.39, 0.29) is 34.9 Å². The number of ketones is 1. The van der Waals surface area contributed by atoms with Gasteiger partial charge in [-0.2, -0.15) is 0 Å². The number of fused-ring (bicyclic) bond motifs is 1. The fourth-order valence-corrected chi connectivity index (χ4v) is 7.31. The van der Waals surface area contributed by atoms with E-state index in [1.807, 2.05) is 40.1 Å². The van der Waals surface area contributed by atoms with Crippen molar-refractivity contribution in [1.82, 2.24) is 26.3 Å². The average molecular weight is 1020 g/mol. The number of likely N-dealkylation sites (N-methyl/N-ethyl adjacent to an activating group) is 1. The molecule has 2 amide bonds. The molecule has 1 fully saturated rings. The summed E-state index contributed by atoms with van der Waals surface area (Å²) in [5.74, 6) is -0.255. The number of amides is 2. The number of nitrogens with one attached hydrogen (secondary N) is 6. The SMILES string of the molecule is C=C(C=NC(=N)C(CCC)=C1C=CC(=O)C=C1)C1=CN/C(=C\O)C=C1.CNCCC=O.CNCCOCCOCCNC(=O)c1cccc(-c2nc(NC(=O)C3(c4ccc5c(c4)OC(F)(F)O5)CC3)ccc2C)c1. The van der Waals surface area contributed by atoms with Gasteiger partial charge < -0.3 is 55.4 Å². The second kappa shape index (κ2) is 28.5. The first-order valence-electron chi connectivity index (χ1n) is 24.1. The normalized spacial score (nSPS) is 15.8. The lowest BCUT2D eigenvalue weighted by Crippen LogP contribution is -2.28. The van der Waals surface area contributed by atoms with Crippen LogP contribution in [0.5, 0.6) is 11.5 Å². The van der Waals surface area contributed by atoms with Crippen molar-refractivity contribution in [2.45, 2.75) is 57.7 Å². The molecule has 2 aliphatic heterocycles. The third-order valence-corrected chi connectivity index (χ3v) is 11.5. The summed E-state index contributed by atoms with van der Waals surface area (Å²) in [5.41, 5.74) is 6.04. The largest absolute Gasteiger partial charge is 0.586 e. The quantitative estimate of drug-likeness (QED) is 0.0169. The first-order chi connectivity index (χ1) is 35.7. The number of ether oxygens (including phenoxy) is 4. The molecule has 17 nitrogen and oxygen atoms in total. The number of aromatic nitrogens is 1. The molecule has 1 aromatic heterocycles. The lowest BCUT2D eigenvalue weighted by Gasteiger charge is -2.17. The minimum Gasteiger partial charge on any atom is -0.513 e. The lowest BCUT2D eigenvalue weighted by molar-refractivity contribution is -0.286.